The molecule has 0 saturated carbocycles. The molecule has 3 aromatic heterocycles. The number of nitrogens with two attached hydrogens (primary N) is 1. The standard InChI is InChI=1S/C23H23F3N6S/c1-2-33-18-5-3-4-14-6-8-17(28-20(14)18)22-30-29-19-9-7-15(12-32(19)22)21(23(24,25)26)31-11-10-16(27)13-31/h3-9,12,16,21H,2,10-11,13,27H2,1H3/t16-,21+/m0/s1. The first-order valence-corrected chi connectivity index (χ1v) is 11.8. The Labute approximate surface area is 193 Å². The van der Waals surface area contributed by atoms with Crippen molar-refractivity contribution in [3.8, 4) is 11.5 Å². The van der Waals surface area contributed by atoms with E-state index in [1.54, 1.807) is 22.2 Å². The molecule has 33 heavy (non-hydrogen) atoms. The molecule has 1 saturated heterocycles. The highest BCUT2D eigenvalue weighted by molar-refractivity contribution is 7.99. The van der Waals surface area contributed by atoms with Crippen molar-refractivity contribution in [1.29, 1.82) is 0 Å². The lowest BCUT2D eigenvalue weighted by atomic mass is 10.1. The molecule has 4 aromatic rings. The minimum absolute atomic E-state index is 0.133. The molecular formula is C23H23F3N6S. The summed E-state index contributed by atoms with van der Waals surface area (Å²) >= 11 is 1.69. The van der Waals surface area contributed by atoms with Gasteiger partial charge >= 0.3 is 6.18 Å². The van der Waals surface area contributed by atoms with Crippen LogP contribution in [0.4, 0.5) is 13.2 Å². The topological polar surface area (TPSA) is 72.3 Å². The minimum Gasteiger partial charge on any atom is -0.326 e. The SMILES string of the molecule is CCSc1cccc2ccc(-c3nnc4ccc([C@@H](N5CC[C@H](N)C5)C(F)(F)F)cn34)nc12. The molecule has 0 spiro atoms. The number of rotatable bonds is 5. The van der Waals surface area contributed by atoms with Gasteiger partial charge < -0.3 is 5.73 Å². The Morgan fingerprint density at radius 1 is 1.15 bits per heavy atom. The minimum atomic E-state index is -4.43. The molecule has 2 atom stereocenters. The summed E-state index contributed by atoms with van der Waals surface area (Å²) in [5, 5.41) is 9.40. The van der Waals surface area contributed by atoms with E-state index in [0.717, 1.165) is 21.6 Å². The molecule has 0 bridgehead atoms. The van der Waals surface area contributed by atoms with Gasteiger partial charge in [0.25, 0.3) is 0 Å². The maximum Gasteiger partial charge on any atom is 0.408 e. The first kappa shape index (κ1) is 22.1. The summed E-state index contributed by atoms with van der Waals surface area (Å²) in [5.41, 5.74) is 7.89. The molecule has 5 rings (SSSR count). The summed E-state index contributed by atoms with van der Waals surface area (Å²) < 4.78 is 43.9. The second-order valence-electron chi connectivity index (χ2n) is 8.16. The third-order valence-electron chi connectivity index (χ3n) is 5.88. The zero-order valence-electron chi connectivity index (χ0n) is 18.0. The van der Waals surface area contributed by atoms with Crippen molar-refractivity contribution in [3.63, 3.8) is 0 Å². The van der Waals surface area contributed by atoms with Gasteiger partial charge in [-0.05, 0) is 35.9 Å². The van der Waals surface area contributed by atoms with Crippen LogP contribution in [0.2, 0.25) is 0 Å². The number of halogens is 3. The zero-order valence-corrected chi connectivity index (χ0v) is 18.8. The highest BCUT2D eigenvalue weighted by Gasteiger charge is 2.46. The lowest BCUT2D eigenvalue weighted by Gasteiger charge is -2.30. The fourth-order valence-electron chi connectivity index (χ4n) is 4.42. The van der Waals surface area contributed by atoms with Crippen molar-refractivity contribution in [2.75, 3.05) is 18.8 Å². The molecule has 1 aromatic carbocycles. The smallest absolute Gasteiger partial charge is 0.326 e. The van der Waals surface area contributed by atoms with E-state index in [2.05, 4.69) is 17.1 Å². The van der Waals surface area contributed by atoms with Gasteiger partial charge in [-0.2, -0.15) is 13.2 Å². The van der Waals surface area contributed by atoms with Crippen LogP contribution < -0.4 is 5.73 Å². The number of fused-ring (bicyclic) bond motifs is 2. The molecule has 1 fully saturated rings. The molecule has 2 N–H and O–H groups in total. The van der Waals surface area contributed by atoms with Crippen molar-refractivity contribution in [2.45, 2.75) is 36.5 Å². The molecule has 0 radical (unpaired) electrons. The Kier molecular flexibility index (Phi) is 5.75. The Balaban J connectivity index is 1.61. The summed E-state index contributed by atoms with van der Waals surface area (Å²) in [6.45, 7) is 2.59. The number of hydrogen-bond donors (Lipinski definition) is 1. The zero-order chi connectivity index (χ0) is 23.2. The van der Waals surface area contributed by atoms with Gasteiger partial charge in [-0.15, -0.1) is 22.0 Å². The molecule has 172 valence electrons. The number of alkyl halides is 3. The molecular weight excluding hydrogens is 449 g/mol. The average molecular weight is 473 g/mol. The number of nitrogens with zero attached hydrogens (tertiary/aromatic N) is 5. The first-order valence-electron chi connectivity index (χ1n) is 10.8. The van der Waals surface area contributed by atoms with Gasteiger partial charge in [0, 0.05) is 35.6 Å². The van der Waals surface area contributed by atoms with E-state index in [4.69, 9.17) is 10.7 Å². The van der Waals surface area contributed by atoms with Crippen molar-refractivity contribution < 1.29 is 13.2 Å². The van der Waals surface area contributed by atoms with Gasteiger partial charge in [0.1, 0.15) is 11.7 Å². The predicted molar refractivity (Wildman–Crippen MR) is 123 cm³/mol. The first-order chi connectivity index (χ1) is 15.8. The number of aromatic nitrogens is 4. The molecule has 0 aliphatic carbocycles. The van der Waals surface area contributed by atoms with E-state index in [1.807, 2.05) is 30.3 Å². The fraction of sp³-hybridized carbons (Fsp3) is 0.348. The summed E-state index contributed by atoms with van der Waals surface area (Å²) in [6.07, 6.45) is -2.41. The number of likely N-dealkylation sites (tertiary alicyclic amines) is 1. The second-order valence-corrected chi connectivity index (χ2v) is 9.47. The van der Waals surface area contributed by atoms with Crippen LogP contribution in [0.5, 0.6) is 0 Å². The van der Waals surface area contributed by atoms with E-state index in [0.29, 0.717) is 30.1 Å². The number of thioether (sulfide) groups is 1. The van der Waals surface area contributed by atoms with E-state index in [-0.39, 0.29) is 18.2 Å². The van der Waals surface area contributed by atoms with Crippen LogP contribution in [0.3, 0.4) is 0 Å². The van der Waals surface area contributed by atoms with E-state index in [1.165, 1.54) is 17.2 Å². The summed E-state index contributed by atoms with van der Waals surface area (Å²) in [5.74, 6) is 1.31. The van der Waals surface area contributed by atoms with Crippen molar-refractivity contribution in [1.82, 2.24) is 24.5 Å². The van der Waals surface area contributed by atoms with Crippen LogP contribution in [0, 0.1) is 0 Å². The normalized spacial score (nSPS) is 18.4. The van der Waals surface area contributed by atoms with Gasteiger partial charge in [-0.1, -0.05) is 31.2 Å². The van der Waals surface area contributed by atoms with Crippen LogP contribution in [-0.2, 0) is 0 Å². The fourth-order valence-corrected chi connectivity index (χ4v) is 5.20. The third kappa shape index (κ3) is 4.18. The second kappa shape index (κ2) is 8.58. The average Bonchev–Trinajstić information content (AvgIpc) is 3.39. The van der Waals surface area contributed by atoms with Crippen LogP contribution >= 0.6 is 11.8 Å². The third-order valence-corrected chi connectivity index (χ3v) is 6.81. The lowest BCUT2D eigenvalue weighted by Crippen LogP contribution is -2.38. The van der Waals surface area contributed by atoms with Gasteiger partial charge in [0.05, 0.1) is 5.52 Å². The molecule has 4 heterocycles. The number of benzene rings is 1. The molecule has 6 nitrogen and oxygen atoms in total. The monoisotopic (exact) mass is 472 g/mol. The Hall–Kier alpha value is -2.69. The largest absolute Gasteiger partial charge is 0.408 e. The quantitative estimate of drug-likeness (QED) is 0.425. The summed E-state index contributed by atoms with van der Waals surface area (Å²) in [7, 11) is 0. The van der Waals surface area contributed by atoms with Gasteiger partial charge in [0.15, 0.2) is 11.5 Å². The number of para-hydroxylation sites is 1. The maximum absolute atomic E-state index is 14.1. The molecule has 10 heteroatoms. The Morgan fingerprint density at radius 3 is 2.73 bits per heavy atom. The molecule has 0 amide bonds. The van der Waals surface area contributed by atoms with Crippen LogP contribution in [0.15, 0.2) is 53.6 Å². The van der Waals surface area contributed by atoms with Crippen molar-refractivity contribution in [2.24, 2.45) is 5.73 Å². The van der Waals surface area contributed by atoms with E-state index >= 15 is 0 Å². The van der Waals surface area contributed by atoms with Gasteiger partial charge in [-0.3, -0.25) is 9.30 Å². The van der Waals surface area contributed by atoms with Crippen molar-refractivity contribution >= 4 is 28.3 Å². The van der Waals surface area contributed by atoms with E-state index < -0.39 is 12.2 Å². The van der Waals surface area contributed by atoms with Crippen LogP contribution in [0.25, 0.3) is 28.1 Å². The van der Waals surface area contributed by atoms with Gasteiger partial charge in [-0.25, -0.2) is 4.98 Å². The van der Waals surface area contributed by atoms with Crippen LogP contribution in [-0.4, -0.2) is 55.5 Å². The lowest BCUT2D eigenvalue weighted by molar-refractivity contribution is -0.183. The Bertz CT molecular complexity index is 1300. The highest BCUT2D eigenvalue weighted by Crippen LogP contribution is 2.39. The molecule has 0 unspecified atom stereocenters. The van der Waals surface area contributed by atoms with Crippen molar-refractivity contribution in [3.05, 3.63) is 54.2 Å². The number of pyridine rings is 2. The molecule has 1 aliphatic rings. The Morgan fingerprint density at radius 2 is 2.00 bits per heavy atom. The summed E-state index contributed by atoms with van der Waals surface area (Å²) in [4.78, 5) is 7.25. The number of hydrogen-bond acceptors (Lipinski definition) is 6. The van der Waals surface area contributed by atoms with Crippen LogP contribution in [0.1, 0.15) is 24.9 Å². The highest BCUT2D eigenvalue weighted by atomic mass is 32.2. The summed E-state index contributed by atoms with van der Waals surface area (Å²) in [6, 6.07) is 10.8. The van der Waals surface area contributed by atoms with Gasteiger partial charge in [0.2, 0.25) is 0 Å². The van der Waals surface area contributed by atoms with E-state index in [9.17, 15) is 13.2 Å². The predicted octanol–water partition coefficient (Wildman–Crippen LogP) is 4.69. The molecule has 1 aliphatic heterocycles. The maximum atomic E-state index is 14.1.